The number of amides is 1. The van der Waals surface area contributed by atoms with Crippen LogP contribution in [0.15, 0.2) is 48.6 Å². The summed E-state index contributed by atoms with van der Waals surface area (Å²) in [6.45, 7) is 4.91. The zero-order valence-electron chi connectivity index (χ0n) is 55.9. The summed E-state index contributed by atoms with van der Waals surface area (Å²) in [5.41, 5.74) is 0. The van der Waals surface area contributed by atoms with Crippen LogP contribution in [-0.2, 0) is 14.3 Å². The molecule has 0 heterocycles. The molecule has 0 spiro atoms. The Balaban J connectivity index is 3.39. The molecule has 0 saturated carbocycles. The molecular formula is C77H145NO5. The Labute approximate surface area is 518 Å². The molecule has 0 rings (SSSR count). The smallest absolute Gasteiger partial charge is 0.305 e. The quantitative estimate of drug-likeness (QED) is 0.0320. The van der Waals surface area contributed by atoms with Crippen molar-refractivity contribution in [2.24, 2.45) is 0 Å². The zero-order chi connectivity index (χ0) is 59.9. The fourth-order valence-electron chi connectivity index (χ4n) is 11.6. The normalized spacial score (nSPS) is 12.8. The standard InChI is InChI=1S/C77H145NO5/c1-3-5-7-9-11-13-15-17-19-20-21-35-38-42-45-49-53-57-61-65-69-75(80)74(73-79)78-76(81)70-66-62-58-54-50-46-43-39-36-33-31-29-27-25-23-22-24-26-28-30-32-34-37-40-44-48-52-56-60-64-68-72-83-77(82)71-67-63-59-55-51-47-41-18-16-14-12-10-8-6-4-2/h12,14,18,24,26,41,65,69,74-75,79-80H,3-11,13,15-17,19-23,25,27-40,42-64,66-68,70-73H2,1-2H3,(H,78,81)/b14-12-,26-24-,41-18-,69-65+. The van der Waals surface area contributed by atoms with Gasteiger partial charge < -0.3 is 20.3 Å². The molecule has 6 nitrogen and oxygen atoms in total. The summed E-state index contributed by atoms with van der Waals surface area (Å²) in [6.07, 6.45) is 94.9. The molecule has 6 heteroatoms. The first-order valence-corrected chi connectivity index (χ1v) is 37.4. The summed E-state index contributed by atoms with van der Waals surface area (Å²) in [5, 5.41) is 23.3. The summed E-state index contributed by atoms with van der Waals surface area (Å²) in [5.74, 6) is -0.0589. The number of carbonyl (C=O) groups excluding carboxylic acids is 2. The van der Waals surface area contributed by atoms with Crippen LogP contribution in [0.25, 0.3) is 0 Å². The highest BCUT2D eigenvalue weighted by Crippen LogP contribution is 2.19. The molecule has 83 heavy (non-hydrogen) atoms. The van der Waals surface area contributed by atoms with Gasteiger partial charge in [0.25, 0.3) is 0 Å². The molecule has 0 fully saturated rings. The fraction of sp³-hybridized carbons (Fsp3) is 0.870. The van der Waals surface area contributed by atoms with Crippen LogP contribution < -0.4 is 5.32 Å². The maximum atomic E-state index is 12.5. The molecule has 0 saturated heterocycles. The van der Waals surface area contributed by atoms with Crippen LogP contribution in [0.4, 0.5) is 0 Å². The molecule has 0 aromatic heterocycles. The van der Waals surface area contributed by atoms with Crippen molar-refractivity contribution in [2.45, 2.75) is 418 Å². The molecule has 0 radical (unpaired) electrons. The highest BCUT2D eigenvalue weighted by Gasteiger charge is 2.18. The number of aliphatic hydroxyl groups excluding tert-OH is 2. The molecule has 0 bridgehead atoms. The second kappa shape index (κ2) is 72.3. The number of hydrogen-bond acceptors (Lipinski definition) is 5. The van der Waals surface area contributed by atoms with Crippen molar-refractivity contribution < 1.29 is 24.5 Å². The first-order chi connectivity index (χ1) is 41.0. The van der Waals surface area contributed by atoms with E-state index in [4.69, 9.17) is 4.74 Å². The maximum absolute atomic E-state index is 12.5. The summed E-state index contributed by atoms with van der Waals surface area (Å²) in [6, 6.07) is -0.628. The number of allylic oxidation sites excluding steroid dienone is 7. The van der Waals surface area contributed by atoms with E-state index in [1.165, 1.54) is 327 Å². The lowest BCUT2D eigenvalue weighted by Gasteiger charge is -2.20. The van der Waals surface area contributed by atoms with E-state index < -0.39 is 12.1 Å². The topological polar surface area (TPSA) is 95.9 Å². The number of ether oxygens (including phenoxy) is 1. The molecule has 0 aromatic rings. The second-order valence-electron chi connectivity index (χ2n) is 25.6. The molecule has 0 aliphatic rings. The van der Waals surface area contributed by atoms with Crippen LogP contribution in [-0.4, -0.2) is 47.4 Å². The molecule has 0 aliphatic carbocycles. The number of nitrogens with one attached hydrogen (secondary N) is 1. The molecule has 0 aliphatic heterocycles. The van der Waals surface area contributed by atoms with E-state index in [2.05, 4.69) is 55.6 Å². The van der Waals surface area contributed by atoms with Gasteiger partial charge in [-0.2, -0.15) is 0 Å². The SMILES string of the molecule is CCCCC/C=C\C/C=C\CCCCCCCC(=O)OCCCCCCCCCCCCCC/C=C\CCCCCCCCCCCCCCCCCC(=O)NC(CO)C(O)/C=C/CCCCCCCCCCCCCCCCCCCC. The van der Waals surface area contributed by atoms with Gasteiger partial charge in [0, 0.05) is 12.8 Å². The average molecular weight is 1170 g/mol. The van der Waals surface area contributed by atoms with Gasteiger partial charge in [0.05, 0.1) is 25.4 Å². The molecule has 0 aromatic carbocycles. The molecule has 2 atom stereocenters. The van der Waals surface area contributed by atoms with E-state index in [-0.39, 0.29) is 18.5 Å². The van der Waals surface area contributed by atoms with Gasteiger partial charge in [-0.15, -0.1) is 0 Å². The van der Waals surface area contributed by atoms with Crippen molar-refractivity contribution in [1.29, 1.82) is 0 Å². The zero-order valence-corrected chi connectivity index (χ0v) is 55.9. The molecule has 1 amide bonds. The Hall–Kier alpha value is -2.18. The predicted molar refractivity (Wildman–Crippen MR) is 366 cm³/mol. The highest BCUT2D eigenvalue weighted by atomic mass is 16.5. The first-order valence-electron chi connectivity index (χ1n) is 37.4. The Kier molecular flexibility index (Phi) is 70.4. The number of carbonyl (C=O) groups is 2. The van der Waals surface area contributed by atoms with E-state index in [1.54, 1.807) is 6.08 Å². The third kappa shape index (κ3) is 68.8. The van der Waals surface area contributed by atoms with Crippen molar-refractivity contribution in [3.05, 3.63) is 48.6 Å². The lowest BCUT2D eigenvalue weighted by Crippen LogP contribution is -2.45. The van der Waals surface area contributed by atoms with Crippen molar-refractivity contribution in [2.75, 3.05) is 13.2 Å². The van der Waals surface area contributed by atoms with Gasteiger partial charge >= 0.3 is 5.97 Å². The van der Waals surface area contributed by atoms with Gasteiger partial charge in [-0.05, 0) is 89.9 Å². The van der Waals surface area contributed by atoms with Gasteiger partial charge in [-0.3, -0.25) is 9.59 Å². The lowest BCUT2D eigenvalue weighted by molar-refractivity contribution is -0.143. The monoisotopic (exact) mass is 1160 g/mol. The van der Waals surface area contributed by atoms with Crippen LogP contribution in [0.3, 0.4) is 0 Å². The summed E-state index contributed by atoms with van der Waals surface area (Å²) < 4.78 is 5.49. The van der Waals surface area contributed by atoms with Gasteiger partial charge in [0.15, 0.2) is 0 Å². The molecular weight excluding hydrogens is 1020 g/mol. The number of hydrogen-bond donors (Lipinski definition) is 3. The minimum atomic E-state index is -0.844. The minimum Gasteiger partial charge on any atom is -0.466 e. The number of rotatable bonds is 70. The Morgan fingerprint density at radius 2 is 0.602 bits per heavy atom. The summed E-state index contributed by atoms with van der Waals surface area (Å²) >= 11 is 0. The van der Waals surface area contributed by atoms with E-state index >= 15 is 0 Å². The van der Waals surface area contributed by atoms with Crippen molar-refractivity contribution in [3.8, 4) is 0 Å². The third-order valence-electron chi connectivity index (χ3n) is 17.3. The van der Waals surface area contributed by atoms with E-state index in [0.29, 0.717) is 19.4 Å². The first kappa shape index (κ1) is 80.8. The second-order valence-corrected chi connectivity index (χ2v) is 25.6. The largest absolute Gasteiger partial charge is 0.466 e. The summed E-state index contributed by atoms with van der Waals surface area (Å²) in [4.78, 5) is 24.6. The third-order valence-corrected chi connectivity index (χ3v) is 17.3. The van der Waals surface area contributed by atoms with Gasteiger partial charge in [-0.1, -0.05) is 351 Å². The Bertz CT molecular complexity index is 1390. The van der Waals surface area contributed by atoms with Gasteiger partial charge in [-0.25, -0.2) is 0 Å². The van der Waals surface area contributed by atoms with Crippen LogP contribution in [0.1, 0.15) is 406 Å². The van der Waals surface area contributed by atoms with Gasteiger partial charge in [0.2, 0.25) is 5.91 Å². The summed E-state index contributed by atoms with van der Waals surface area (Å²) in [7, 11) is 0. The van der Waals surface area contributed by atoms with E-state index in [9.17, 15) is 19.8 Å². The van der Waals surface area contributed by atoms with Crippen LogP contribution >= 0.6 is 0 Å². The maximum Gasteiger partial charge on any atom is 0.305 e. The number of unbranched alkanes of at least 4 members (excludes halogenated alkanes) is 53. The van der Waals surface area contributed by atoms with Crippen molar-refractivity contribution in [3.63, 3.8) is 0 Å². The average Bonchev–Trinajstić information content (AvgIpc) is 3.49. The molecule has 488 valence electrons. The van der Waals surface area contributed by atoms with Crippen molar-refractivity contribution >= 4 is 11.9 Å². The Morgan fingerprint density at radius 3 is 0.952 bits per heavy atom. The number of aliphatic hydroxyl groups is 2. The molecule has 3 N–H and O–H groups in total. The minimum absolute atomic E-state index is 0.00359. The Morgan fingerprint density at radius 1 is 0.337 bits per heavy atom. The van der Waals surface area contributed by atoms with Crippen LogP contribution in [0, 0.1) is 0 Å². The van der Waals surface area contributed by atoms with E-state index in [1.807, 2.05) is 6.08 Å². The number of esters is 1. The highest BCUT2D eigenvalue weighted by molar-refractivity contribution is 5.76. The predicted octanol–water partition coefficient (Wildman–Crippen LogP) is 24.4. The fourth-order valence-corrected chi connectivity index (χ4v) is 11.6. The van der Waals surface area contributed by atoms with Crippen LogP contribution in [0.2, 0.25) is 0 Å². The lowest BCUT2D eigenvalue weighted by atomic mass is 10.0. The molecule has 2 unspecified atom stereocenters. The van der Waals surface area contributed by atoms with Gasteiger partial charge in [0.1, 0.15) is 0 Å². The van der Waals surface area contributed by atoms with E-state index in [0.717, 1.165) is 51.4 Å². The van der Waals surface area contributed by atoms with Crippen molar-refractivity contribution in [1.82, 2.24) is 5.32 Å². The van der Waals surface area contributed by atoms with Crippen LogP contribution in [0.5, 0.6) is 0 Å².